The van der Waals surface area contributed by atoms with Crippen LogP contribution in [0, 0.1) is 0 Å². The number of aromatic nitrogens is 1. The molecule has 0 aliphatic rings. The number of aryl methyl sites for hydroxylation is 2. The van der Waals surface area contributed by atoms with Gasteiger partial charge < -0.3 is 9.67 Å². The SMILES string of the molecule is CCc1ccc(/C=C/c2ccn(CCCO)c(=O)c2)cc1. The van der Waals surface area contributed by atoms with Crippen LogP contribution in [-0.4, -0.2) is 16.3 Å². The normalized spacial score (nSPS) is 11.1. The average Bonchev–Trinajstić information content (AvgIpc) is 2.52. The molecule has 0 fully saturated rings. The summed E-state index contributed by atoms with van der Waals surface area (Å²) in [6.07, 6.45) is 7.36. The maximum Gasteiger partial charge on any atom is 0.251 e. The summed E-state index contributed by atoms with van der Waals surface area (Å²) >= 11 is 0. The summed E-state index contributed by atoms with van der Waals surface area (Å²) in [5, 5.41) is 8.79. The van der Waals surface area contributed by atoms with Gasteiger partial charge in [0.25, 0.3) is 5.56 Å². The van der Waals surface area contributed by atoms with Gasteiger partial charge in [-0.2, -0.15) is 0 Å². The van der Waals surface area contributed by atoms with E-state index in [4.69, 9.17) is 5.11 Å². The largest absolute Gasteiger partial charge is 0.396 e. The Labute approximate surface area is 125 Å². The first kappa shape index (κ1) is 15.3. The highest BCUT2D eigenvalue weighted by Gasteiger charge is 1.96. The molecular formula is C18H21NO2. The van der Waals surface area contributed by atoms with Gasteiger partial charge in [-0.05, 0) is 35.6 Å². The van der Waals surface area contributed by atoms with Crippen molar-refractivity contribution in [2.75, 3.05) is 6.61 Å². The zero-order valence-electron chi connectivity index (χ0n) is 12.3. The fourth-order valence-electron chi connectivity index (χ4n) is 2.11. The number of hydrogen-bond donors (Lipinski definition) is 1. The smallest absolute Gasteiger partial charge is 0.251 e. The van der Waals surface area contributed by atoms with Crippen molar-refractivity contribution in [1.29, 1.82) is 0 Å². The van der Waals surface area contributed by atoms with Crippen LogP contribution in [0.25, 0.3) is 12.2 Å². The molecule has 0 saturated carbocycles. The van der Waals surface area contributed by atoms with Crippen molar-refractivity contribution in [2.24, 2.45) is 0 Å². The third kappa shape index (κ3) is 4.43. The Balaban J connectivity index is 2.09. The van der Waals surface area contributed by atoms with Crippen molar-refractivity contribution in [3.05, 3.63) is 69.6 Å². The monoisotopic (exact) mass is 283 g/mol. The maximum atomic E-state index is 11.9. The third-order valence-electron chi connectivity index (χ3n) is 3.43. The standard InChI is InChI=1S/C18H21NO2/c1-2-15-4-6-16(7-5-15)8-9-17-10-12-19(11-3-13-20)18(21)14-17/h4-10,12,14,20H,2-3,11,13H2,1H3/b9-8+. The molecule has 0 atom stereocenters. The van der Waals surface area contributed by atoms with Crippen LogP contribution in [0.1, 0.15) is 30.0 Å². The van der Waals surface area contributed by atoms with Gasteiger partial charge in [-0.15, -0.1) is 0 Å². The predicted molar refractivity (Wildman–Crippen MR) is 87.2 cm³/mol. The molecule has 21 heavy (non-hydrogen) atoms. The van der Waals surface area contributed by atoms with E-state index in [1.807, 2.05) is 18.2 Å². The van der Waals surface area contributed by atoms with Crippen molar-refractivity contribution < 1.29 is 5.11 Å². The molecule has 0 amide bonds. The Morgan fingerprint density at radius 1 is 1.10 bits per heavy atom. The molecule has 3 nitrogen and oxygen atoms in total. The molecule has 0 bridgehead atoms. The molecule has 1 heterocycles. The number of aliphatic hydroxyl groups excluding tert-OH is 1. The molecule has 1 aromatic heterocycles. The van der Waals surface area contributed by atoms with Crippen LogP contribution in [0.2, 0.25) is 0 Å². The highest BCUT2D eigenvalue weighted by molar-refractivity contribution is 5.69. The summed E-state index contributed by atoms with van der Waals surface area (Å²) in [7, 11) is 0. The van der Waals surface area contributed by atoms with Crippen molar-refractivity contribution in [2.45, 2.75) is 26.3 Å². The van der Waals surface area contributed by atoms with E-state index < -0.39 is 0 Å². The van der Waals surface area contributed by atoms with Crippen LogP contribution in [0.15, 0.2) is 47.4 Å². The molecule has 3 heteroatoms. The summed E-state index contributed by atoms with van der Waals surface area (Å²) in [6, 6.07) is 11.9. The quantitative estimate of drug-likeness (QED) is 0.885. The van der Waals surface area contributed by atoms with E-state index in [1.165, 1.54) is 5.56 Å². The Kier molecular flexibility index (Phi) is 5.52. The van der Waals surface area contributed by atoms with Crippen LogP contribution in [0.4, 0.5) is 0 Å². The maximum absolute atomic E-state index is 11.9. The lowest BCUT2D eigenvalue weighted by atomic mass is 10.1. The van der Waals surface area contributed by atoms with Crippen molar-refractivity contribution in [3.63, 3.8) is 0 Å². The minimum absolute atomic E-state index is 0.0352. The van der Waals surface area contributed by atoms with Gasteiger partial charge in [-0.3, -0.25) is 4.79 Å². The number of pyridine rings is 1. The van der Waals surface area contributed by atoms with Gasteiger partial charge in [0.1, 0.15) is 0 Å². The molecule has 2 aromatic rings. The highest BCUT2D eigenvalue weighted by atomic mass is 16.3. The van der Waals surface area contributed by atoms with Gasteiger partial charge in [-0.1, -0.05) is 43.3 Å². The zero-order chi connectivity index (χ0) is 15.1. The summed E-state index contributed by atoms with van der Waals surface area (Å²) in [4.78, 5) is 11.9. The second-order valence-corrected chi connectivity index (χ2v) is 5.00. The predicted octanol–water partition coefficient (Wildman–Crippen LogP) is 2.96. The van der Waals surface area contributed by atoms with E-state index in [-0.39, 0.29) is 12.2 Å². The lowest BCUT2D eigenvalue weighted by Crippen LogP contribution is -2.19. The molecule has 0 radical (unpaired) electrons. The fraction of sp³-hybridized carbons (Fsp3) is 0.278. The van der Waals surface area contributed by atoms with Gasteiger partial charge in [0, 0.05) is 25.4 Å². The highest BCUT2D eigenvalue weighted by Crippen LogP contribution is 2.09. The number of rotatable bonds is 6. The molecule has 0 unspecified atom stereocenters. The van der Waals surface area contributed by atoms with Crippen LogP contribution in [0.3, 0.4) is 0 Å². The van der Waals surface area contributed by atoms with Crippen molar-refractivity contribution in [3.8, 4) is 0 Å². The first-order valence-electron chi connectivity index (χ1n) is 7.31. The first-order chi connectivity index (χ1) is 10.2. The Hall–Kier alpha value is -2.13. The van der Waals surface area contributed by atoms with Gasteiger partial charge in [0.05, 0.1) is 0 Å². The lowest BCUT2D eigenvalue weighted by molar-refractivity contribution is 0.279. The van der Waals surface area contributed by atoms with Gasteiger partial charge in [0.15, 0.2) is 0 Å². The molecule has 2 rings (SSSR count). The molecule has 0 spiro atoms. The Bertz CT molecular complexity index is 654. The number of hydrogen-bond acceptors (Lipinski definition) is 2. The summed E-state index contributed by atoms with van der Waals surface area (Å²) < 4.78 is 1.61. The molecule has 0 saturated heterocycles. The molecular weight excluding hydrogens is 262 g/mol. The zero-order valence-corrected chi connectivity index (χ0v) is 12.3. The average molecular weight is 283 g/mol. The van der Waals surface area contributed by atoms with Crippen molar-refractivity contribution in [1.82, 2.24) is 4.57 Å². The van der Waals surface area contributed by atoms with Gasteiger partial charge >= 0.3 is 0 Å². The molecule has 110 valence electrons. The van der Waals surface area contributed by atoms with Crippen LogP contribution in [0.5, 0.6) is 0 Å². The van der Waals surface area contributed by atoms with E-state index in [9.17, 15) is 4.79 Å². The molecule has 1 aromatic carbocycles. The van der Waals surface area contributed by atoms with E-state index >= 15 is 0 Å². The van der Waals surface area contributed by atoms with E-state index in [1.54, 1.807) is 16.8 Å². The number of benzene rings is 1. The van der Waals surface area contributed by atoms with Crippen LogP contribution >= 0.6 is 0 Å². The fourth-order valence-corrected chi connectivity index (χ4v) is 2.11. The lowest BCUT2D eigenvalue weighted by Gasteiger charge is -2.04. The van der Waals surface area contributed by atoms with Crippen LogP contribution < -0.4 is 5.56 Å². The van der Waals surface area contributed by atoms with Gasteiger partial charge in [-0.25, -0.2) is 0 Å². The number of nitrogens with zero attached hydrogens (tertiary/aromatic N) is 1. The van der Waals surface area contributed by atoms with Crippen molar-refractivity contribution >= 4 is 12.2 Å². The number of aliphatic hydroxyl groups is 1. The summed E-state index contributed by atoms with van der Waals surface area (Å²) in [5.74, 6) is 0. The van der Waals surface area contributed by atoms with Gasteiger partial charge in [0.2, 0.25) is 0 Å². The Morgan fingerprint density at radius 3 is 2.43 bits per heavy atom. The minimum Gasteiger partial charge on any atom is -0.396 e. The van der Waals surface area contributed by atoms with E-state index in [0.29, 0.717) is 13.0 Å². The van der Waals surface area contributed by atoms with E-state index in [0.717, 1.165) is 17.5 Å². The summed E-state index contributed by atoms with van der Waals surface area (Å²) in [6.45, 7) is 2.79. The second kappa shape index (κ2) is 7.60. The van der Waals surface area contributed by atoms with E-state index in [2.05, 4.69) is 31.2 Å². The molecule has 0 aliphatic heterocycles. The van der Waals surface area contributed by atoms with Crippen LogP contribution in [-0.2, 0) is 13.0 Å². The second-order valence-electron chi connectivity index (χ2n) is 5.00. The first-order valence-corrected chi connectivity index (χ1v) is 7.31. The third-order valence-corrected chi connectivity index (χ3v) is 3.43. The summed E-state index contributed by atoms with van der Waals surface area (Å²) in [5.41, 5.74) is 3.29. The molecule has 1 N–H and O–H groups in total. The molecule has 0 aliphatic carbocycles. The Morgan fingerprint density at radius 2 is 1.81 bits per heavy atom. The topological polar surface area (TPSA) is 42.2 Å². The minimum atomic E-state index is -0.0352.